The zero-order valence-corrected chi connectivity index (χ0v) is 11.5. The van der Waals surface area contributed by atoms with Gasteiger partial charge in [-0.15, -0.1) is 0 Å². The Hall–Kier alpha value is -0.650. The van der Waals surface area contributed by atoms with Crippen molar-refractivity contribution >= 4 is 21.6 Å². The van der Waals surface area contributed by atoms with Crippen molar-refractivity contribution in [3.05, 3.63) is 28.0 Å². The molecule has 0 aliphatic carbocycles. The molecule has 0 saturated heterocycles. The van der Waals surface area contributed by atoms with Crippen molar-refractivity contribution < 1.29 is 14.6 Å². The summed E-state index contributed by atoms with van der Waals surface area (Å²) >= 11 is 3.12. The van der Waals surface area contributed by atoms with Gasteiger partial charge >= 0.3 is 0 Å². The number of hydrogen-bond acceptors (Lipinski definition) is 3. The third-order valence-electron chi connectivity index (χ3n) is 2.74. The molecule has 3 nitrogen and oxygen atoms in total. The van der Waals surface area contributed by atoms with Crippen LogP contribution in [0.15, 0.2) is 16.6 Å². The fourth-order valence-corrected chi connectivity index (χ4v) is 1.76. The minimum Gasteiger partial charge on any atom is -0.396 e. The van der Waals surface area contributed by atoms with Crippen LogP contribution in [-0.2, 0) is 0 Å². The van der Waals surface area contributed by atoms with Crippen molar-refractivity contribution in [1.29, 1.82) is 0 Å². The van der Waals surface area contributed by atoms with Gasteiger partial charge in [0.2, 0.25) is 0 Å². The molecule has 0 aliphatic rings. The Labute approximate surface area is 109 Å². The van der Waals surface area contributed by atoms with Gasteiger partial charge in [-0.25, -0.2) is 4.39 Å². The first kappa shape index (κ1) is 14.4. The van der Waals surface area contributed by atoms with Crippen LogP contribution < -0.4 is 5.32 Å². The summed E-state index contributed by atoms with van der Waals surface area (Å²) in [5.41, 5.74) is 0.950. The quantitative estimate of drug-likeness (QED) is 0.782. The molecule has 3 N–H and O–H groups in total. The van der Waals surface area contributed by atoms with Crippen LogP contribution in [0.25, 0.3) is 0 Å². The highest BCUT2D eigenvalue weighted by Gasteiger charge is 2.22. The molecule has 0 spiro atoms. The lowest BCUT2D eigenvalue weighted by molar-refractivity contribution is 0.0806. The molecule has 17 heavy (non-hydrogen) atoms. The zero-order valence-electron chi connectivity index (χ0n) is 9.93. The summed E-state index contributed by atoms with van der Waals surface area (Å²) in [6.45, 7) is 3.73. The lowest BCUT2D eigenvalue weighted by atomic mass is 9.93. The van der Waals surface area contributed by atoms with Crippen molar-refractivity contribution in [2.75, 3.05) is 25.1 Å². The van der Waals surface area contributed by atoms with Crippen molar-refractivity contribution in [1.82, 2.24) is 0 Å². The number of halogens is 2. The van der Waals surface area contributed by atoms with Crippen LogP contribution >= 0.6 is 15.9 Å². The Morgan fingerprint density at radius 1 is 1.35 bits per heavy atom. The first-order chi connectivity index (χ1) is 7.91. The van der Waals surface area contributed by atoms with E-state index in [4.69, 9.17) is 10.2 Å². The molecule has 0 fully saturated rings. The number of nitrogens with one attached hydrogen (secondary N) is 1. The molecule has 0 heterocycles. The Balaban J connectivity index is 2.79. The maximum absolute atomic E-state index is 13.4. The van der Waals surface area contributed by atoms with Gasteiger partial charge in [0.15, 0.2) is 0 Å². The molecule has 1 rings (SSSR count). The van der Waals surface area contributed by atoms with Crippen LogP contribution in [0.2, 0.25) is 0 Å². The third-order valence-corrected chi connectivity index (χ3v) is 3.34. The molecule has 0 bridgehead atoms. The van der Waals surface area contributed by atoms with E-state index >= 15 is 0 Å². The van der Waals surface area contributed by atoms with E-state index in [1.165, 1.54) is 6.07 Å². The summed E-state index contributed by atoms with van der Waals surface area (Å²) in [4.78, 5) is 0. The van der Waals surface area contributed by atoms with Crippen LogP contribution in [0, 0.1) is 18.2 Å². The van der Waals surface area contributed by atoms with Crippen LogP contribution in [0.1, 0.15) is 12.5 Å². The molecule has 0 atom stereocenters. The highest BCUT2D eigenvalue weighted by molar-refractivity contribution is 9.10. The molecule has 0 unspecified atom stereocenters. The van der Waals surface area contributed by atoms with Crippen molar-refractivity contribution in [3.63, 3.8) is 0 Å². The first-order valence-corrected chi connectivity index (χ1v) is 6.12. The minimum absolute atomic E-state index is 0.130. The molecule has 1 aromatic carbocycles. The second-order valence-corrected chi connectivity index (χ2v) is 5.42. The molecule has 5 heteroatoms. The average Bonchev–Trinajstić information content (AvgIpc) is 2.32. The normalized spacial score (nSPS) is 11.6. The topological polar surface area (TPSA) is 52.5 Å². The lowest BCUT2D eigenvalue weighted by Crippen LogP contribution is -2.34. The molecule has 0 radical (unpaired) electrons. The van der Waals surface area contributed by atoms with Gasteiger partial charge in [-0.3, -0.25) is 0 Å². The molecule has 0 saturated carbocycles. The summed E-state index contributed by atoms with van der Waals surface area (Å²) < 4.78 is 13.8. The summed E-state index contributed by atoms with van der Waals surface area (Å²) in [5.74, 6) is -0.340. The smallest absolute Gasteiger partial charge is 0.139 e. The van der Waals surface area contributed by atoms with Gasteiger partial charge in [0, 0.05) is 17.6 Å². The maximum Gasteiger partial charge on any atom is 0.139 e. The summed E-state index contributed by atoms with van der Waals surface area (Å²) in [7, 11) is 0. The van der Waals surface area contributed by atoms with E-state index in [1.807, 2.05) is 6.92 Å². The number of aliphatic hydroxyl groups is 2. The van der Waals surface area contributed by atoms with E-state index in [-0.39, 0.29) is 19.0 Å². The number of rotatable bonds is 5. The zero-order chi connectivity index (χ0) is 13.1. The van der Waals surface area contributed by atoms with Gasteiger partial charge in [-0.05, 0) is 40.5 Å². The molecule has 1 aromatic rings. The predicted octanol–water partition coefficient (Wildman–Crippen LogP) is 2.30. The fraction of sp³-hybridized carbons (Fsp3) is 0.500. The Kier molecular flexibility index (Phi) is 4.91. The van der Waals surface area contributed by atoms with Crippen molar-refractivity contribution in [2.45, 2.75) is 13.8 Å². The van der Waals surface area contributed by atoms with Crippen LogP contribution in [-0.4, -0.2) is 30.0 Å². The van der Waals surface area contributed by atoms with E-state index in [1.54, 1.807) is 13.0 Å². The van der Waals surface area contributed by atoms with Gasteiger partial charge < -0.3 is 15.5 Å². The van der Waals surface area contributed by atoms with Gasteiger partial charge in [0.05, 0.1) is 17.7 Å². The lowest BCUT2D eigenvalue weighted by Gasteiger charge is -2.26. The first-order valence-electron chi connectivity index (χ1n) is 5.33. The molecule has 0 aromatic heterocycles. The summed E-state index contributed by atoms with van der Waals surface area (Å²) in [6, 6.07) is 3.08. The van der Waals surface area contributed by atoms with E-state index in [2.05, 4.69) is 21.2 Å². The Bertz CT molecular complexity index is 394. The summed E-state index contributed by atoms with van der Waals surface area (Å²) in [6.07, 6.45) is 0. The standard InChI is InChI=1S/C12H17BrFNO2/c1-8-3-9(13)10(14)4-11(8)15-5-12(2,6-16)7-17/h3-4,15-17H,5-7H2,1-2H3. The molecular weight excluding hydrogens is 289 g/mol. The Morgan fingerprint density at radius 3 is 2.47 bits per heavy atom. The van der Waals surface area contributed by atoms with Crippen LogP contribution in [0.3, 0.4) is 0 Å². The van der Waals surface area contributed by atoms with E-state index < -0.39 is 5.41 Å². The molecule has 0 aliphatic heterocycles. The highest BCUT2D eigenvalue weighted by Crippen LogP contribution is 2.25. The second kappa shape index (κ2) is 5.80. The molecular formula is C12H17BrFNO2. The largest absolute Gasteiger partial charge is 0.396 e. The number of aryl methyl sites for hydroxylation is 1. The number of benzene rings is 1. The predicted molar refractivity (Wildman–Crippen MR) is 69.6 cm³/mol. The van der Waals surface area contributed by atoms with Crippen molar-refractivity contribution in [3.8, 4) is 0 Å². The number of hydrogen-bond donors (Lipinski definition) is 3. The SMILES string of the molecule is Cc1cc(Br)c(F)cc1NCC(C)(CO)CO. The van der Waals surface area contributed by atoms with Crippen LogP contribution in [0.4, 0.5) is 10.1 Å². The van der Waals surface area contributed by atoms with Gasteiger partial charge in [-0.2, -0.15) is 0 Å². The van der Waals surface area contributed by atoms with Gasteiger partial charge in [-0.1, -0.05) is 6.92 Å². The Morgan fingerprint density at radius 2 is 1.94 bits per heavy atom. The van der Waals surface area contributed by atoms with E-state index in [9.17, 15) is 4.39 Å². The fourth-order valence-electron chi connectivity index (χ4n) is 1.31. The van der Waals surface area contributed by atoms with Gasteiger partial charge in [0.25, 0.3) is 0 Å². The highest BCUT2D eigenvalue weighted by atomic mass is 79.9. The molecule has 0 amide bonds. The second-order valence-electron chi connectivity index (χ2n) is 4.56. The third kappa shape index (κ3) is 3.66. The molecule has 96 valence electrons. The van der Waals surface area contributed by atoms with E-state index in [0.717, 1.165) is 5.56 Å². The number of anilines is 1. The maximum atomic E-state index is 13.4. The summed E-state index contributed by atoms with van der Waals surface area (Å²) in [5, 5.41) is 21.3. The van der Waals surface area contributed by atoms with Gasteiger partial charge in [0.1, 0.15) is 5.82 Å². The minimum atomic E-state index is -0.615. The monoisotopic (exact) mass is 305 g/mol. The van der Waals surface area contributed by atoms with Crippen molar-refractivity contribution in [2.24, 2.45) is 5.41 Å². The average molecular weight is 306 g/mol. The van der Waals surface area contributed by atoms with E-state index in [0.29, 0.717) is 16.7 Å². The number of aliphatic hydroxyl groups excluding tert-OH is 2. The van der Waals surface area contributed by atoms with Crippen LogP contribution in [0.5, 0.6) is 0 Å².